The van der Waals surface area contributed by atoms with Crippen molar-refractivity contribution in [3.8, 4) is 0 Å². The van der Waals surface area contributed by atoms with E-state index in [9.17, 15) is 0 Å². The van der Waals surface area contributed by atoms with Crippen molar-refractivity contribution in [2.24, 2.45) is 5.92 Å². The Balaban J connectivity index is 2.20. The molecule has 1 saturated carbocycles. The lowest BCUT2D eigenvalue weighted by Gasteiger charge is -2.30. The molecule has 0 saturated heterocycles. The average Bonchev–Trinajstić information content (AvgIpc) is 3.11. The van der Waals surface area contributed by atoms with E-state index in [2.05, 4.69) is 37.7 Å². The Morgan fingerprint density at radius 2 is 2.22 bits per heavy atom. The minimum absolute atomic E-state index is 0.515. The van der Waals surface area contributed by atoms with Crippen LogP contribution in [0.4, 0.5) is 5.82 Å². The van der Waals surface area contributed by atoms with Crippen LogP contribution in [0.3, 0.4) is 0 Å². The first kappa shape index (κ1) is 13.7. The van der Waals surface area contributed by atoms with Crippen molar-refractivity contribution >= 4 is 21.7 Å². The Hall–Kier alpha value is -0.680. The molecular formula is C13H20BrN3O. The second-order valence-corrected chi connectivity index (χ2v) is 5.67. The quantitative estimate of drug-likeness (QED) is 0.757. The SMILES string of the molecule is COCCN(c1cc(Br)nc(C)n1)C(C)C1CC1. The number of ether oxygens (including phenoxy) is 1. The number of rotatable bonds is 6. The van der Waals surface area contributed by atoms with Gasteiger partial charge in [0.1, 0.15) is 16.2 Å². The van der Waals surface area contributed by atoms with Gasteiger partial charge in [-0.1, -0.05) is 0 Å². The van der Waals surface area contributed by atoms with Gasteiger partial charge in [0.2, 0.25) is 0 Å². The Bertz CT molecular complexity index is 389. The van der Waals surface area contributed by atoms with Crippen LogP contribution in [-0.4, -0.2) is 36.3 Å². The van der Waals surface area contributed by atoms with Crippen molar-refractivity contribution in [1.29, 1.82) is 0 Å². The second kappa shape index (κ2) is 5.97. The molecule has 1 aliphatic carbocycles. The van der Waals surface area contributed by atoms with Crippen LogP contribution in [0, 0.1) is 12.8 Å². The Kier molecular flexibility index (Phi) is 4.56. The van der Waals surface area contributed by atoms with Gasteiger partial charge in [0.05, 0.1) is 6.61 Å². The number of aromatic nitrogens is 2. The molecule has 0 spiro atoms. The largest absolute Gasteiger partial charge is 0.383 e. The van der Waals surface area contributed by atoms with Crippen molar-refractivity contribution in [1.82, 2.24) is 9.97 Å². The number of methoxy groups -OCH3 is 1. The number of aryl methyl sites for hydroxylation is 1. The summed E-state index contributed by atoms with van der Waals surface area (Å²) < 4.78 is 6.05. The zero-order chi connectivity index (χ0) is 13.1. The molecule has 1 atom stereocenters. The van der Waals surface area contributed by atoms with Crippen molar-refractivity contribution < 1.29 is 4.74 Å². The fourth-order valence-electron chi connectivity index (χ4n) is 2.21. The fraction of sp³-hybridized carbons (Fsp3) is 0.692. The molecule has 1 fully saturated rings. The van der Waals surface area contributed by atoms with Crippen molar-refractivity contribution in [3.05, 3.63) is 16.5 Å². The van der Waals surface area contributed by atoms with E-state index >= 15 is 0 Å². The van der Waals surface area contributed by atoms with Gasteiger partial charge in [-0.15, -0.1) is 0 Å². The maximum absolute atomic E-state index is 5.21. The summed E-state index contributed by atoms with van der Waals surface area (Å²) in [6.07, 6.45) is 2.66. The van der Waals surface area contributed by atoms with Gasteiger partial charge in [0, 0.05) is 25.8 Å². The topological polar surface area (TPSA) is 38.2 Å². The van der Waals surface area contributed by atoms with E-state index in [1.165, 1.54) is 12.8 Å². The molecule has 0 bridgehead atoms. The predicted octanol–water partition coefficient (Wildman–Crippen LogP) is 2.80. The number of anilines is 1. The van der Waals surface area contributed by atoms with E-state index in [1.54, 1.807) is 7.11 Å². The average molecular weight is 314 g/mol. The maximum atomic E-state index is 5.21. The van der Waals surface area contributed by atoms with Crippen LogP contribution in [0.5, 0.6) is 0 Å². The summed E-state index contributed by atoms with van der Waals surface area (Å²) in [4.78, 5) is 11.1. The lowest BCUT2D eigenvalue weighted by molar-refractivity contribution is 0.202. The van der Waals surface area contributed by atoms with Crippen LogP contribution in [0.2, 0.25) is 0 Å². The first-order chi connectivity index (χ1) is 8.61. The van der Waals surface area contributed by atoms with Gasteiger partial charge in [-0.05, 0) is 48.5 Å². The number of hydrogen-bond donors (Lipinski definition) is 0. The van der Waals surface area contributed by atoms with Gasteiger partial charge >= 0.3 is 0 Å². The molecule has 4 nitrogen and oxygen atoms in total. The number of nitrogens with zero attached hydrogens (tertiary/aromatic N) is 3. The maximum Gasteiger partial charge on any atom is 0.133 e. The van der Waals surface area contributed by atoms with Crippen LogP contribution in [-0.2, 0) is 4.74 Å². The van der Waals surface area contributed by atoms with Crippen LogP contribution >= 0.6 is 15.9 Å². The van der Waals surface area contributed by atoms with Gasteiger partial charge in [0.15, 0.2) is 0 Å². The molecule has 18 heavy (non-hydrogen) atoms. The molecule has 1 aromatic heterocycles. The van der Waals surface area contributed by atoms with Gasteiger partial charge in [-0.2, -0.15) is 0 Å². The summed E-state index contributed by atoms with van der Waals surface area (Å²) >= 11 is 3.44. The minimum Gasteiger partial charge on any atom is -0.383 e. The highest BCUT2D eigenvalue weighted by Gasteiger charge is 2.32. The molecule has 0 radical (unpaired) electrons. The van der Waals surface area contributed by atoms with E-state index in [4.69, 9.17) is 4.74 Å². The summed E-state index contributed by atoms with van der Waals surface area (Å²) in [5.74, 6) is 2.59. The van der Waals surface area contributed by atoms with Crippen molar-refractivity contribution in [2.45, 2.75) is 32.7 Å². The molecule has 100 valence electrons. The molecule has 1 heterocycles. The van der Waals surface area contributed by atoms with Crippen LogP contribution < -0.4 is 4.90 Å². The second-order valence-electron chi connectivity index (χ2n) is 4.86. The lowest BCUT2D eigenvalue weighted by atomic mass is 10.2. The van der Waals surface area contributed by atoms with E-state index < -0.39 is 0 Å². The van der Waals surface area contributed by atoms with Gasteiger partial charge in [-0.25, -0.2) is 9.97 Å². The standard InChI is InChI=1S/C13H20BrN3O/c1-9(11-4-5-11)17(6-7-18-3)13-8-12(14)15-10(2)16-13/h8-9,11H,4-7H2,1-3H3. The summed E-state index contributed by atoms with van der Waals surface area (Å²) in [5.41, 5.74) is 0. The molecule has 1 unspecified atom stereocenters. The summed E-state index contributed by atoms with van der Waals surface area (Å²) in [6.45, 7) is 5.79. The first-order valence-corrected chi connectivity index (χ1v) is 7.18. The molecule has 1 aliphatic rings. The molecule has 1 aromatic rings. The van der Waals surface area contributed by atoms with Gasteiger partial charge in [0.25, 0.3) is 0 Å². The third-order valence-electron chi connectivity index (χ3n) is 3.42. The number of halogens is 1. The first-order valence-electron chi connectivity index (χ1n) is 6.38. The Labute approximate surface area is 117 Å². The fourth-order valence-corrected chi connectivity index (χ4v) is 2.67. The van der Waals surface area contributed by atoms with E-state index in [0.29, 0.717) is 6.04 Å². The Morgan fingerprint density at radius 3 is 2.78 bits per heavy atom. The zero-order valence-electron chi connectivity index (χ0n) is 11.2. The van der Waals surface area contributed by atoms with Crippen molar-refractivity contribution in [3.63, 3.8) is 0 Å². The molecule has 5 heteroatoms. The van der Waals surface area contributed by atoms with E-state index in [1.807, 2.05) is 13.0 Å². The highest BCUT2D eigenvalue weighted by molar-refractivity contribution is 9.10. The molecule has 0 amide bonds. The highest BCUT2D eigenvalue weighted by Crippen LogP contribution is 2.36. The summed E-state index contributed by atoms with van der Waals surface area (Å²) in [6, 6.07) is 2.50. The monoisotopic (exact) mass is 313 g/mol. The summed E-state index contributed by atoms with van der Waals surface area (Å²) in [5, 5.41) is 0. The van der Waals surface area contributed by atoms with Crippen LogP contribution in [0.15, 0.2) is 10.7 Å². The Morgan fingerprint density at radius 1 is 1.50 bits per heavy atom. The third kappa shape index (κ3) is 3.42. The van der Waals surface area contributed by atoms with E-state index in [0.717, 1.165) is 35.3 Å². The van der Waals surface area contributed by atoms with Gasteiger partial charge < -0.3 is 9.64 Å². The zero-order valence-corrected chi connectivity index (χ0v) is 12.8. The van der Waals surface area contributed by atoms with Crippen molar-refractivity contribution in [2.75, 3.05) is 25.2 Å². The molecule has 0 N–H and O–H groups in total. The van der Waals surface area contributed by atoms with Crippen LogP contribution in [0.1, 0.15) is 25.6 Å². The normalized spacial score (nSPS) is 16.7. The van der Waals surface area contributed by atoms with Crippen LogP contribution in [0.25, 0.3) is 0 Å². The highest BCUT2D eigenvalue weighted by atomic mass is 79.9. The van der Waals surface area contributed by atoms with Gasteiger partial charge in [-0.3, -0.25) is 0 Å². The lowest BCUT2D eigenvalue weighted by Crippen LogP contribution is -2.38. The van der Waals surface area contributed by atoms with E-state index in [-0.39, 0.29) is 0 Å². The third-order valence-corrected chi connectivity index (χ3v) is 3.83. The molecule has 2 rings (SSSR count). The summed E-state index contributed by atoms with van der Waals surface area (Å²) in [7, 11) is 1.74. The minimum atomic E-state index is 0.515. The predicted molar refractivity (Wildman–Crippen MR) is 75.9 cm³/mol. The molecule has 0 aliphatic heterocycles. The molecule has 0 aromatic carbocycles. The smallest absolute Gasteiger partial charge is 0.133 e. The molecular weight excluding hydrogens is 294 g/mol. The number of hydrogen-bond acceptors (Lipinski definition) is 4.